The van der Waals surface area contributed by atoms with Crippen LogP contribution < -0.4 is 4.74 Å². The molecule has 2 atom stereocenters. The van der Waals surface area contributed by atoms with E-state index < -0.39 is 8.32 Å². The molecule has 0 saturated heterocycles. The van der Waals surface area contributed by atoms with Crippen LogP contribution in [0.15, 0.2) is 49.1 Å². The molecule has 0 aliphatic heterocycles. The second kappa shape index (κ2) is 14.0. The Labute approximate surface area is 198 Å². The van der Waals surface area contributed by atoms with Crippen LogP contribution in [0.4, 0.5) is 0 Å². The Kier molecular flexibility index (Phi) is 12.5. The van der Waals surface area contributed by atoms with Gasteiger partial charge in [0, 0.05) is 0 Å². The monoisotopic (exact) mass is 462 g/mol. The first-order valence-electron chi connectivity index (χ1n) is 11.8. The highest BCUT2D eigenvalue weighted by atomic mass is 28.4. The molecular formula is C27H46O4Si. The van der Waals surface area contributed by atoms with Gasteiger partial charge in [-0.25, -0.2) is 0 Å². The Morgan fingerprint density at radius 2 is 1.50 bits per heavy atom. The average molecular weight is 463 g/mol. The second-order valence-corrected chi connectivity index (χ2v) is 15.1. The third kappa shape index (κ3) is 8.18. The predicted molar refractivity (Wildman–Crippen MR) is 138 cm³/mol. The molecule has 4 nitrogen and oxygen atoms in total. The van der Waals surface area contributed by atoms with E-state index in [1.165, 1.54) is 0 Å². The summed E-state index contributed by atoms with van der Waals surface area (Å²) in [6, 6.07) is 7.96. The Morgan fingerprint density at radius 1 is 0.938 bits per heavy atom. The highest BCUT2D eigenvalue weighted by molar-refractivity contribution is 6.77. The van der Waals surface area contributed by atoms with Crippen LogP contribution in [0.5, 0.6) is 5.75 Å². The number of benzene rings is 1. The number of methoxy groups -OCH3 is 1. The van der Waals surface area contributed by atoms with Crippen molar-refractivity contribution in [1.82, 2.24) is 0 Å². The molecule has 0 heterocycles. The number of rotatable bonds is 16. The summed E-state index contributed by atoms with van der Waals surface area (Å²) in [5.74, 6) is 0.838. The van der Waals surface area contributed by atoms with Crippen LogP contribution in [0, 0.1) is 0 Å². The summed E-state index contributed by atoms with van der Waals surface area (Å²) in [6.45, 7) is 25.3. The van der Waals surface area contributed by atoms with Crippen molar-refractivity contribution in [2.75, 3.05) is 20.3 Å². The van der Waals surface area contributed by atoms with Gasteiger partial charge in [-0.05, 0) is 47.7 Å². The molecule has 1 rings (SSSR count). The van der Waals surface area contributed by atoms with Gasteiger partial charge in [0.2, 0.25) is 0 Å². The minimum Gasteiger partial charge on any atom is -0.497 e. The van der Waals surface area contributed by atoms with Crippen LogP contribution in [-0.2, 0) is 20.5 Å². The van der Waals surface area contributed by atoms with E-state index in [1.54, 1.807) is 13.2 Å². The Hall–Kier alpha value is -1.40. The molecule has 0 aliphatic rings. The zero-order valence-electron chi connectivity index (χ0n) is 21.6. The minimum absolute atomic E-state index is 0.146. The zero-order chi connectivity index (χ0) is 24.3. The average Bonchev–Trinajstić information content (AvgIpc) is 2.73. The fourth-order valence-corrected chi connectivity index (χ4v) is 10.2. The molecule has 0 unspecified atom stereocenters. The van der Waals surface area contributed by atoms with Crippen molar-refractivity contribution in [3.8, 4) is 5.75 Å². The maximum Gasteiger partial charge on any atom is 0.200 e. The van der Waals surface area contributed by atoms with E-state index in [-0.39, 0.29) is 12.2 Å². The highest BCUT2D eigenvalue weighted by Crippen LogP contribution is 2.42. The van der Waals surface area contributed by atoms with E-state index in [0.717, 1.165) is 23.3 Å². The van der Waals surface area contributed by atoms with E-state index in [4.69, 9.17) is 18.6 Å². The summed E-state index contributed by atoms with van der Waals surface area (Å²) in [5, 5.41) is 0. The molecule has 0 saturated carbocycles. The predicted octanol–water partition coefficient (Wildman–Crippen LogP) is 7.31. The summed E-state index contributed by atoms with van der Waals surface area (Å²) in [4.78, 5) is 0. The molecule has 0 amide bonds. The molecule has 5 heteroatoms. The van der Waals surface area contributed by atoms with Crippen LogP contribution in [-0.4, -0.2) is 40.8 Å². The summed E-state index contributed by atoms with van der Waals surface area (Å²) in [5.41, 5.74) is 3.71. The molecule has 182 valence electrons. The first kappa shape index (κ1) is 28.6. The lowest BCUT2D eigenvalue weighted by molar-refractivity contribution is -0.0890. The third-order valence-corrected chi connectivity index (χ3v) is 12.3. The van der Waals surface area contributed by atoms with Crippen LogP contribution in [0.3, 0.4) is 0 Å². The van der Waals surface area contributed by atoms with Crippen molar-refractivity contribution in [3.63, 3.8) is 0 Å². The molecule has 1 aromatic rings. The van der Waals surface area contributed by atoms with Crippen LogP contribution in [0.1, 0.15) is 60.5 Å². The van der Waals surface area contributed by atoms with E-state index >= 15 is 0 Å². The smallest absolute Gasteiger partial charge is 0.200 e. The standard InChI is InChI=1S/C27H46O4Si/c1-11-16-29-27(19-31-32(21(4)5,22(6)7)23(8)9)26(17-20(2)3)30-18-24-12-14-25(28-10)15-13-24/h11-15,21-23,26-27H,1-2,16-19H2,3-10H3/t26-,27+/m0/s1. The summed E-state index contributed by atoms with van der Waals surface area (Å²) < 4.78 is 24.7. The maximum absolute atomic E-state index is 6.87. The van der Waals surface area contributed by atoms with Gasteiger partial charge in [-0.15, -0.1) is 13.2 Å². The SMILES string of the molecule is C=CCO[C@H](CO[Si](C(C)C)(C(C)C)C(C)C)[C@H](CC(=C)C)OCc1ccc(OC)cc1. The van der Waals surface area contributed by atoms with Gasteiger partial charge in [0.15, 0.2) is 8.32 Å². The number of ether oxygens (including phenoxy) is 3. The normalized spacial score (nSPS) is 14.1. The van der Waals surface area contributed by atoms with Crippen LogP contribution in [0.25, 0.3) is 0 Å². The molecule has 32 heavy (non-hydrogen) atoms. The first-order chi connectivity index (χ1) is 15.1. The van der Waals surface area contributed by atoms with E-state index in [1.807, 2.05) is 31.2 Å². The molecule has 0 spiro atoms. The second-order valence-electron chi connectivity index (χ2n) is 9.65. The molecule has 0 bridgehead atoms. The van der Waals surface area contributed by atoms with Gasteiger partial charge < -0.3 is 18.6 Å². The molecule has 0 radical (unpaired) electrons. The van der Waals surface area contributed by atoms with Crippen LogP contribution in [0.2, 0.25) is 16.6 Å². The lowest BCUT2D eigenvalue weighted by Crippen LogP contribution is -2.50. The molecule has 0 N–H and O–H groups in total. The van der Waals surface area contributed by atoms with E-state index in [0.29, 0.717) is 36.4 Å². The van der Waals surface area contributed by atoms with Gasteiger partial charge in [-0.3, -0.25) is 0 Å². The van der Waals surface area contributed by atoms with Gasteiger partial charge >= 0.3 is 0 Å². The molecule has 0 aliphatic carbocycles. The van der Waals surface area contributed by atoms with Crippen molar-refractivity contribution in [2.24, 2.45) is 0 Å². The van der Waals surface area contributed by atoms with Crippen molar-refractivity contribution in [1.29, 1.82) is 0 Å². The summed E-state index contributed by atoms with van der Waals surface area (Å²) in [6.07, 6.45) is 2.17. The van der Waals surface area contributed by atoms with Gasteiger partial charge in [0.1, 0.15) is 11.9 Å². The number of hydrogen-bond acceptors (Lipinski definition) is 4. The fourth-order valence-electron chi connectivity index (χ4n) is 4.75. The van der Waals surface area contributed by atoms with Crippen molar-refractivity contribution >= 4 is 8.32 Å². The van der Waals surface area contributed by atoms with E-state index in [9.17, 15) is 0 Å². The first-order valence-corrected chi connectivity index (χ1v) is 14.0. The van der Waals surface area contributed by atoms with Gasteiger partial charge in [-0.1, -0.05) is 65.3 Å². The van der Waals surface area contributed by atoms with Crippen molar-refractivity contribution in [3.05, 3.63) is 54.6 Å². The van der Waals surface area contributed by atoms with Crippen molar-refractivity contribution < 1.29 is 18.6 Å². The van der Waals surface area contributed by atoms with Gasteiger partial charge in [-0.2, -0.15) is 0 Å². The quantitative estimate of drug-likeness (QED) is 0.191. The minimum atomic E-state index is -2.01. The molecular weight excluding hydrogens is 416 g/mol. The molecule has 1 aromatic carbocycles. The fraction of sp³-hybridized carbons (Fsp3) is 0.630. The summed E-state index contributed by atoms with van der Waals surface area (Å²) in [7, 11) is -0.339. The van der Waals surface area contributed by atoms with E-state index in [2.05, 4.69) is 54.7 Å². The third-order valence-electron chi connectivity index (χ3n) is 6.22. The zero-order valence-corrected chi connectivity index (χ0v) is 22.6. The maximum atomic E-state index is 6.87. The Bertz CT molecular complexity index is 660. The van der Waals surface area contributed by atoms with Gasteiger partial charge in [0.05, 0.1) is 33.0 Å². The van der Waals surface area contributed by atoms with Gasteiger partial charge in [0.25, 0.3) is 0 Å². The Balaban J connectivity index is 3.05. The number of hydrogen-bond donors (Lipinski definition) is 0. The summed E-state index contributed by atoms with van der Waals surface area (Å²) >= 11 is 0. The Morgan fingerprint density at radius 3 is 1.94 bits per heavy atom. The van der Waals surface area contributed by atoms with Crippen molar-refractivity contribution in [2.45, 2.75) is 90.3 Å². The lowest BCUT2D eigenvalue weighted by Gasteiger charge is -2.43. The topological polar surface area (TPSA) is 36.9 Å². The largest absolute Gasteiger partial charge is 0.497 e. The highest BCUT2D eigenvalue weighted by Gasteiger charge is 2.45. The molecule has 0 aromatic heterocycles. The molecule has 0 fully saturated rings. The lowest BCUT2D eigenvalue weighted by atomic mass is 10.1. The van der Waals surface area contributed by atoms with Crippen LogP contribution >= 0.6 is 0 Å².